The molecule has 1 N–H and O–H groups in total. The average molecular weight is 351 g/mol. The number of benzene rings is 2. The molecule has 130 valence electrons. The van der Waals surface area contributed by atoms with E-state index < -0.39 is 0 Å². The number of fused-ring (bicyclic) bond motifs is 3. The van der Waals surface area contributed by atoms with Gasteiger partial charge in [0.1, 0.15) is 0 Å². The summed E-state index contributed by atoms with van der Waals surface area (Å²) in [6, 6.07) is 18.1. The lowest BCUT2D eigenvalue weighted by atomic mass is 9.87. The van der Waals surface area contributed by atoms with Gasteiger partial charge in [0.25, 0.3) is 0 Å². The molecule has 25 heavy (non-hydrogen) atoms. The summed E-state index contributed by atoms with van der Waals surface area (Å²) in [5, 5.41) is 1.39. The van der Waals surface area contributed by atoms with E-state index in [1.807, 2.05) is 11.9 Å². The van der Waals surface area contributed by atoms with Crippen LogP contribution in [0.5, 0.6) is 0 Å². The molecule has 1 unspecified atom stereocenters. The Balaban J connectivity index is 1.56. The third-order valence-electron chi connectivity index (χ3n) is 5.22. The summed E-state index contributed by atoms with van der Waals surface area (Å²) < 4.78 is 2.50. The molecule has 0 amide bonds. The summed E-state index contributed by atoms with van der Waals surface area (Å²) in [5.41, 5.74) is 5.75. The van der Waals surface area contributed by atoms with Gasteiger partial charge in [-0.25, -0.2) is 4.31 Å². The predicted molar refractivity (Wildman–Crippen MR) is 108 cm³/mol. The van der Waals surface area contributed by atoms with Crippen LogP contribution >= 0.6 is 11.9 Å². The molecule has 3 heteroatoms. The Kier molecular flexibility index (Phi) is 4.17. The Morgan fingerprint density at radius 3 is 2.48 bits per heavy atom. The average Bonchev–Trinajstić information content (AvgIpc) is 2.97. The highest BCUT2D eigenvalue weighted by Crippen LogP contribution is 2.39. The van der Waals surface area contributed by atoms with Crippen LogP contribution in [-0.2, 0) is 11.8 Å². The van der Waals surface area contributed by atoms with Crippen molar-refractivity contribution in [1.82, 2.24) is 9.29 Å². The van der Waals surface area contributed by atoms with Crippen molar-refractivity contribution in [2.24, 2.45) is 0 Å². The van der Waals surface area contributed by atoms with E-state index in [4.69, 9.17) is 0 Å². The van der Waals surface area contributed by atoms with Crippen LogP contribution in [-0.4, -0.2) is 15.8 Å². The van der Waals surface area contributed by atoms with Crippen LogP contribution in [0.15, 0.2) is 53.4 Å². The third-order valence-corrected chi connectivity index (χ3v) is 6.44. The molecule has 2 aromatic carbocycles. The molecule has 2 heterocycles. The summed E-state index contributed by atoms with van der Waals surface area (Å²) in [6.45, 7) is 10.2. The molecule has 1 atom stereocenters. The Morgan fingerprint density at radius 1 is 1.04 bits per heavy atom. The van der Waals surface area contributed by atoms with E-state index in [2.05, 4.69) is 85.5 Å². The lowest BCUT2D eigenvalue weighted by Crippen LogP contribution is -2.28. The molecule has 0 spiro atoms. The van der Waals surface area contributed by atoms with Gasteiger partial charge in [-0.05, 0) is 60.0 Å². The molecule has 2 nitrogen and oxygen atoms in total. The van der Waals surface area contributed by atoms with E-state index in [9.17, 15) is 0 Å². The summed E-state index contributed by atoms with van der Waals surface area (Å²) >= 11 is 1.88. The number of nitrogens with one attached hydrogen (secondary N) is 1. The zero-order valence-electron chi connectivity index (χ0n) is 15.5. The number of aromatic nitrogens is 1. The molecule has 0 saturated carbocycles. The Hall–Kier alpha value is -1.71. The van der Waals surface area contributed by atoms with Crippen LogP contribution in [0.25, 0.3) is 10.9 Å². The van der Waals surface area contributed by atoms with Crippen molar-refractivity contribution in [2.45, 2.75) is 50.5 Å². The van der Waals surface area contributed by atoms with Crippen molar-refractivity contribution in [2.75, 3.05) is 6.54 Å². The fraction of sp³-hybridized carbons (Fsp3) is 0.364. The quantitative estimate of drug-likeness (QED) is 0.564. The highest BCUT2D eigenvalue weighted by atomic mass is 32.2. The van der Waals surface area contributed by atoms with Crippen LogP contribution in [0.2, 0.25) is 0 Å². The van der Waals surface area contributed by atoms with Crippen LogP contribution in [0, 0.1) is 0 Å². The number of H-pyrrole nitrogens is 1. The second kappa shape index (κ2) is 6.22. The van der Waals surface area contributed by atoms with Gasteiger partial charge in [0.05, 0.1) is 6.04 Å². The first-order chi connectivity index (χ1) is 11.9. The van der Waals surface area contributed by atoms with Crippen LogP contribution in [0.1, 0.15) is 50.6 Å². The van der Waals surface area contributed by atoms with Crippen molar-refractivity contribution < 1.29 is 0 Å². The van der Waals surface area contributed by atoms with E-state index in [1.54, 1.807) is 0 Å². The van der Waals surface area contributed by atoms with E-state index in [0.717, 1.165) is 13.0 Å². The maximum Gasteiger partial charge on any atom is 0.0580 e. The molecule has 0 aliphatic carbocycles. The second-order valence-corrected chi connectivity index (χ2v) is 9.12. The van der Waals surface area contributed by atoms with Gasteiger partial charge < -0.3 is 4.98 Å². The SMILES string of the molecule is CC1c2[nH]c3ccccc3c2CCN1Sc1ccc(C(C)(C)C)cc1. The normalized spacial score (nSPS) is 18.5. The lowest BCUT2D eigenvalue weighted by molar-refractivity contribution is 0.358. The summed E-state index contributed by atoms with van der Waals surface area (Å²) in [4.78, 5) is 4.97. The smallest absolute Gasteiger partial charge is 0.0580 e. The van der Waals surface area contributed by atoms with Crippen molar-refractivity contribution in [1.29, 1.82) is 0 Å². The fourth-order valence-electron chi connectivity index (χ4n) is 3.68. The predicted octanol–water partition coefficient (Wildman–Crippen LogP) is 6.09. The molecule has 1 aliphatic heterocycles. The van der Waals surface area contributed by atoms with E-state index in [0.29, 0.717) is 6.04 Å². The van der Waals surface area contributed by atoms with Gasteiger partial charge in [0.2, 0.25) is 0 Å². The molecule has 0 bridgehead atoms. The number of para-hydroxylation sites is 1. The van der Waals surface area contributed by atoms with Gasteiger partial charge in [-0.1, -0.05) is 51.1 Å². The third kappa shape index (κ3) is 3.11. The zero-order valence-corrected chi connectivity index (χ0v) is 16.3. The van der Waals surface area contributed by atoms with Crippen molar-refractivity contribution in [3.05, 3.63) is 65.4 Å². The van der Waals surface area contributed by atoms with E-state index in [-0.39, 0.29) is 5.41 Å². The minimum Gasteiger partial charge on any atom is -0.357 e. The van der Waals surface area contributed by atoms with E-state index >= 15 is 0 Å². The molecule has 4 rings (SSSR count). The molecular weight excluding hydrogens is 324 g/mol. The highest BCUT2D eigenvalue weighted by Gasteiger charge is 2.27. The molecule has 0 radical (unpaired) electrons. The first kappa shape index (κ1) is 16.7. The topological polar surface area (TPSA) is 19.0 Å². The molecule has 1 aliphatic rings. The summed E-state index contributed by atoms with van der Waals surface area (Å²) in [5.74, 6) is 0. The van der Waals surface area contributed by atoms with Gasteiger partial charge in [-0.3, -0.25) is 0 Å². The molecule has 3 aromatic rings. The molecule has 0 fully saturated rings. The van der Waals surface area contributed by atoms with Gasteiger partial charge in [0.15, 0.2) is 0 Å². The van der Waals surface area contributed by atoms with Gasteiger partial charge in [-0.2, -0.15) is 0 Å². The van der Waals surface area contributed by atoms with Gasteiger partial charge >= 0.3 is 0 Å². The van der Waals surface area contributed by atoms with E-state index in [1.165, 1.54) is 32.6 Å². The highest BCUT2D eigenvalue weighted by molar-refractivity contribution is 7.97. The Labute approximate surface area is 154 Å². The molecule has 1 aromatic heterocycles. The maximum absolute atomic E-state index is 3.66. The largest absolute Gasteiger partial charge is 0.357 e. The van der Waals surface area contributed by atoms with Crippen molar-refractivity contribution in [3.63, 3.8) is 0 Å². The first-order valence-corrected chi connectivity index (χ1v) is 9.85. The maximum atomic E-state index is 3.66. The van der Waals surface area contributed by atoms with Crippen LogP contribution < -0.4 is 0 Å². The number of hydrogen-bond acceptors (Lipinski definition) is 2. The minimum absolute atomic E-state index is 0.209. The number of hydrogen-bond donors (Lipinski definition) is 1. The summed E-state index contributed by atoms with van der Waals surface area (Å²) in [6.07, 6.45) is 1.11. The summed E-state index contributed by atoms with van der Waals surface area (Å²) in [7, 11) is 0. The van der Waals surface area contributed by atoms with Crippen molar-refractivity contribution >= 4 is 22.9 Å². The van der Waals surface area contributed by atoms with Gasteiger partial charge in [-0.15, -0.1) is 0 Å². The van der Waals surface area contributed by atoms with Gasteiger partial charge in [0, 0.05) is 28.0 Å². The van der Waals surface area contributed by atoms with Crippen molar-refractivity contribution in [3.8, 4) is 0 Å². The standard InChI is InChI=1S/C22H26N2S/c1-15-21-19(18-7-5-6-8-20(18)23-21)13-14-24(15)25-17-11-9-16(10-12-17)22(2,3)4/h5-12,15,23H,13-14H2,1-4H3. The second-order valence-electron chi connectivity index (χ2n) is 8.00. The monoisotopic (exact) mass is 350 g/mol. The fourth-order valence-corrected chi connectivity index (χ4v) is 4.66. The van der Waals surface area contributed by atoms with Crippen LogP contribution in [0.3, 0.4) is 0 Å². The lowest BCUT2D eigenvalue weighted by Gasteiger charge is -2.32. The zero-order chi connectivity index (χ0) is 17.6. The first-order valence-electron chi connectivity index (χ1n) is 9.08. The number of aromatic amines is 1. The Morgan fingerprint density at radius 2 is 1.76 bits per heavy atom. The molecule has 0 saturated heterocycles. The van der Waals surface area contributed by atoms with Crippen LogP contribution in [0.4, 0.5) is 0 Å². The Bertz CT molecular complexity index is 887. The number of nitrogens with zero attached hydrogens (tertiary/aromatic N) is 1. The number of rotatable bonds is 2. The minimum atomic E-state index is 0.209. The molecular formula is C22H26N2S.